The molecular weight excluding hydrogens is 252 g/mol. The Morgan fingerprint density at radius 2 is 2.22 bits per heavy atom. The molecule has 0 bridgehead atoms. The van der Waals surface area contributed by atoms with Crippen LogP contribution in [0.5, 0.6) is 0 Å². The fraction of sp³-hybridized carbons (Fsp3) is 0.500. The Morgan fingerprint density at radius 3 is 2.72 bits per heavy atom. The van der Waals surface area contributed by atoms with Crippen LogP contribution < -0.4 is 5.32 Å². The number of aryl methyl sites for hydroxylation is 1. The van der Waals surface area contributed by atoms with Gasteiger partial charge in [0.2, 0.25) is 0 Å². The van der Waals surface area contributed by atoms with Gasteiger partial charge in [-0.1, -0.05) is 6.92 Å². The predicted molar refractivity (Wildman–Crippen MR) is 70.8 cm³/mol. The monoisotopic (exact) mass is 270 g/mol. The van der Waals surface area contributed by atoms with Crippen molar-refractivity contribution in [3.8, 4) is 0 Å². The maximum absolute atomic E-state index is 11.8. The lowest BCUT2D eigenvalue weighted by Crippen LogP contribution is -2.42. The highest BCUT2D eigenvalue weighted by Crippen LogP contribution is 2.14. The van der Waals surface area contributed by atoms with Crippen LogP contribution in [0.15, 0.2) is 11.4 Å². The molecule has 2 amide bonds. The van der Waals surface area contributed by atoms with Crippen molar-refractivity contribution in [2.24, 2.45) is 0 Å². The number of nitrogens with one attached hydrogen (secondary N) is 1. The summed E-state index contributed by atoms with van der Waals surface area (Å²) in [6, 6.07) is 1.67. The largest absolute Gasteiger partial charge is 0.480 e. The van der Waals surface area contributed by atoms with E-state index in [-0.39, 0.29) is 12.6 Å². The minimum atomic E-state index is -0.995. The predicted octanol–water partition coefficient (Wildman–Crippen LogP) is 2.06. The average Bonchev–Trinajstić information content (AvgIpc) is 2.70. The molecule has 0 unspecified atom stereocenters. The highest BCUT2D eigenvalue weighted by molar-refractivity contribution is 7.10. The van der Waals surface area contributed by atoms with Gasteiger partial charge in [-0.2, -0.15) is 0 Å². The molecule has 18 heavy (non-hydrogen) atoms. The van der Waals surface area contributed by atoms with E-state index in [2.05, 4.69) is 5.32 Å². The molecule has 0 radical (unpaired) electrons. The van der Waals surface area contributed by atoms with Crippen LogP contribution in [0.1, 0.15) is 23.8 Å². The highest BCUT2D eigenvalue weighted by Gasteiger charge is 2.15. The number of nitrogens with zero attached hydrogens (tertiary/aromatic N) is 1. The van der Waals surface area contributed by atoms with Crippen molar-refractivity contribution in [3.05, 3.63) is 21.9 Å². The van der Waals surface area contributed by atoms with Crippen LogP contribution in [0.3, 0.4) is 0 Å². The molecule has 0 aliphatic rings. The van der Waals surface area contributed by atoms with Crippen molar-refractivity contribution in [2.45, 2.75) is 26.8 Å². The molecule has 0 spiro atoms. The van der Waals surface area contributed by atoms with Gasteiger partial charge < -0.3 is 15.3 Å². The quantitative estimate of drug-likeness (QED) is 0.831. The molecule has 1 aromatic heterocycles. The van der Waals surface area contributed by atoms with E-state index in [1.54, 1.807) is 11.3 Å². The average molecular weight is 270 g/mol. The number of carboxylic acid groups (broad SMARTS) is 1. The van der Waals surface area contributed by atoms with Gasteiger partial charge in [-0.05, 0) is 30.4 Å². The van der Waals surface area contributed by atoms with E-state index in [1.165, 1.54) is 4.90 Å². The molecule has 100 valence electrons. The highest BCUT2D eigenvalue weighted by atomic mass is 32.1. The molecule has 1 rings (SSSR count). The maximum Gasteiger partial charge on any atom is 0.323 e. The maximum atomic E-state index is 11.8. The number of hydrogen-bond donors (Lipinski definition) is 2. The molecular formula is C12H18N2O3S. The van der Waals surface area contributed by atoms with Gasteiger partial charge in [0, 0.05) is 11.4 Å². The lowest BCUT2D eigenvalue weighted by atomic mass is 10.3. The van der Waals surface area contributed by atoms with E-state index in [0.29, 0.717) is 13.1 Å². The molecule has 0 saturated carbocycles. The van der Waals surface area contributed by atoms with E-state index in [4.69, 9.17) is 5.11 Å². The van der Waals surface area contributed by atoms with Gasteiger partial charge in [0.1, 0.15) is 6.54 Å². The number of carbonyl (C=O) groups excluding carboxylic acids is 1. The number of carboxylic acids is 1. The lowest BCUT2D eigenvalue weighted by molar-refractivity contribution is -0.137. The second kappa shape index (κ2) is 7.00. The Labute approximate surface area is 110 Å². The number of urea groups is 1. The molecule has 1 heterocycles. The van der Waals surface area contributed by atoms with Crippen LogP contribution >= 0.6 is 11.3 Å². The number of carbonyl (C=O) groups is 2. The standard InChI is InChI=1S/C12H18N2O3S/c1-3-5-14(8-11(15)16)12(17)13-7-10-9(2)4-6-18-10/h4,6H,3,5,7-8H2,1-2H3,(H,13,17)(H,15,16). The summed E-state index contributed by atoms with van der Waals surface area (Å²) < 4.78 is 0. The minimum absolute atomic E-state index is 0.261. The van der Waals surface area contributed by atoms with E-state index in [1.807, 2.05) is 25.3 Å². The van der Waals surface area contributed by atoms with Crippen molar-refractivity contribution in [1.82, 2.24) is 10.2 Å². The Balaban J connectivity index is 2.51. The van der Waals surface area contributed by atoms with Crippen LogP contribution in [-0.2, 0) is 11.3 Å². The molecule has 0 aromatic carbocycles. The summed E-state index contributed by atoms with van der Waals surface area (Å²) >= 11 is 1.58. The van der Waals surface area contributed by atoms with Gasteiger partial charge in [-0.25, -0.2) is 4.79 Å². The van der Waals surface area contributed by atoms with Crippen LogP contribution in [0.4, 0.5) is 4.79 Å². The molecule has 6 heteroatoms. The van der Waals surface area contributed by atoms with Crippen molar-refractivity contribution in [3.63, 3.8) is 0 Å². The Morgan fingerprint density at radius 1 is 1.50 bits per heavy atom. The lowest BCUT2D eigenvalue weighted by Gasteiger charge is -2.20. The first-order chi connectivity index (χ1) is 8.54. The molecule has 5 nitrogen and oxygen atoms in total. The second-order valence-corrected chi connectivity index (χ2v) is 5.00. The van der Waals surface area contributed by atoms with Crippen LogP contribution in [0.25, 0.3) is 0 Å². The van der Waals surface area contributed by atoms with Gasteiger partial charge in [0.15, 0.2) is 0 Å². The summed E-state index contributed by atoms with van der Waals surface area (Å²) in [7, 11) is 0. The Hall–Kier alpha value is -1.56. The third-order valence-corrected chi connectivity index (χ3v) is 3.50. The number of amides is 2. The Kier molecular flexibility index (Phi) is 5.64. The second-order valence-electron chi connectivity index (χ2n) is 4.00. The van der Waals surface area contributed by atoms with Crippen molar-refractivity contribution < 1.29 is 14.7 Å². The van der Waals surface area contributed by atoms with Gasteiger partial charge in [-0.15, -0.1) is 11.3 Å². The third-order valence-electron chi connectivity index (χ3n) is 2.48. The zero-order valence-electron chi connectivity index (χ0n) is 10.6. The minimum Gasteiger partial charge on any atom is -0.480 e. The smallest absolute Gasteiger partial charge is 0.323 e. The number of aliphatic carboxylic acids is 1. The topological polar surface area (TPSA) is 69.6 Å². The molecule has 0 aliphatic heterocycles. The zero-order valence-corrected chi connectivity index (χ0v) is 11.4. The Bertz CT molecular complexity index is 417. The van der Waals surface area contributed by atoms with Crippen LogP contribution in [0.2, 0.25) is 0 Å². The first-order valence-electron chi connectivity index (χ1n) is 5.82. The van der Waals surface area contributed by atoms with E-state index in [9.17, 15) is 9.59 Å². The summed E-state index contributed by atoms with van der Waals surface area (Å²) in [5.74, 6) is -0.995. The van der Waals surface area contributed by atoms with Crippen molar-refractivity contribution >= 4 is 23.3 Å². The fourth-order valence-electron chi connectivity index (χ4n) is 1.54. The first-order valence-corrected chi connectivity index (χ1v) is 6.70. The first kappa shape index (κ1) is 14.5. The number of hydrogen-bond acceptors (Lipinski definition) is 3. The number of thiophene rings is 1. The molecule has 1 aromatic rings. The van der Waals surface area contributed by atoms with Crippen molar-refractivity contribution in [1.29, 1.82) is 0 Å². The summed E-state index contributed by atoms with van der Waals surface area (Å²) in [5.41, 5.74) is 1.14. The van der Waals surface area contributed by atoms with Crippen LogP contribution in [0, 0.1) is 6.92 Å². The summed E-state index contributed by atoms with van der Waals surface area (Å²) in [4.78, 5) is 24.9. The van der Waals surface area contributed by atoms with E-state index < -0.39 is 5.97 Å². The van der Waals surface area contributed by atoms with Gasteiger partial charge in [0.05, 0.1) is 6.54 Å². The molecule has 0 aliphatic carbocycles. The zero-order chi connectivity index (χ0) is 13.5. The number of rotatable bonds is 6. The summed E-state index contributed by atoms with van der Waals surface area (Å²) in [6.07, 6.45) is 0.735. The molecule has 2 N–H and O–H groups in total. The van der Waals surface area contributed by atoms with E-state index >= 15 is 0 Å². The van der Waals surface area contributed by atoms with Gasteiger partial charge >= 0.3 is 12.0 Å². The summed E-state index contributed by atoms with van der Waals surface area (Å²) in [5, 5.41) is 13.5. The molecule has 0 fully saturated rings. The third kappa shape index (κ3) is 4.37. The van der Waals surface area contributed by atoms with Gasteiger partial charge in [0.25, 0.3) is 0 Å². The normalized spacial score (nSPS) is 10.1. The summed E-state index contributed by atoms with van der Waals surface area (Å²) in [6.45, 7) is 4.53. The molecule has 0 saturated heterocycles. The van der Waals surface area contributed by atoms with Crippen molar-refractivity contribution in [2.75, 3.05) is 13.1 Å². The van der Waals surface area contributed by atoms with Crippen LogP contribution in [-0.4, -0.2) is 35.1 Å². The van der Waals surface area contributed by atoms with E-state index in [0.717, 1.165) is 16.9 Å². The molecule has 0 atom stereocenters. The fourth-order valence-corrected chi connectivity index (χ4v) is 2.38. The van der Waals surface area contributed by atoms with Gasteiger partial charge in [-0.3, -0.25) is 4.79 Å². The SMILES string of the molecule is CCCN(CC(=O)O)C(=O)NCc1sccc1C.